The molecular weight excluding hydrogens is 342 g/mol. The molecule has 2 aliphatic heterocycles. The van der Waals surface area contributed by atoms with Crippen LogP contribution < -0.4 is 0 Å². The standard InChI is InChI=1S/C18H19NO3S2/c20-17(22-12-7-11-9-19(10-12)14-8-13(11)14)18(21,15-3-1-5-23-15)16-4-2-6-24-16/h1-6,11-14,21H,7-10H2. The maximum absolute atomic E-state index is 13.0. The number of ether oxygens (including phenoxy) is 1. The summed E-state index contributed by atoms with van der Waals surface area (Å²) >= 11 is 2.77. The Morgan fingerprint density at radius 2 is 1.88 bits per heavy atom. The van der Waals surface area contributed by atoms with Gasteiger partial charge in [-0.2, -0.15) is 0 Å². The van der Waals surface area contributed by atoms with Crippen molar-refractivity contribution in [3.8, 4) is 0 Å². The molecule has 3 aliphatic rings. The van der Waals surface area contributed by atoms with Crippen LogP contribution in [0, 0.1) is 11.8 Å². The van der Waals surface area contributed by atoms with Crippen LogP contribution in [0.15, 0.2) is 35.0 Å². The molecule has 126 valence electrons. The number of fused-ring (bicyclic) bond motifs is 5. The van der Waals surface area contributed by atoms with Gasteiger partial charge in [-0.1, -0.05) is 12.1 Å². The number of piperidine rings is 2. The van der Waals surface area contributed by atoms with Gasteiger partial charge in [0.2, 0.25) is 5.60 Å². The Balaban J connectivity index is 1.39. The molecule has 0 radical (unpaired) electrons. The van der Waals surface area contributed by atoms with E-state index >= 15 is 0 Å². The quantitative estimate of drug-likeness (QED) is 0.851. The van der Waals surface area contributed by atoms with Gasteiger partial charge in [0.25, 0.3) is 0 Å². The molecule has 0 amide bonds. The summed E-state index contributed by atoms with van der Waals surface area (Å²) in [6.07, 6.45) is 2.16. The highest BCUT2D eigenvalue weighted by Gasteiger charge is 2.57. The third-order valence-corrected chi connectivity index (χ3v) is 7.63. The molecule has 1 aliphatic carbocycles. The van der Waals surface area contributed by atoms with Crippen LogP contribution in [-0.4, -0.2) is 41.2 Å². The van der Waals surface area contributed by atoms with Crippen LogP contribution in [0.3, 0.4) is 0 Å². The van der Waals surface area contributed by atoms with Gasteiger partial charge in [-0.3, -0.25) is 4.90 Å². The molecule has 2 bridgehead atoms. The van der Waals surface area contributed by atoms with Crippen molar-refractivity contribution in [1.82, 2.24) is 4.90 Å². The van der Waals surface area contributed by atoms with Crippen molar-refractivity contribution in [1.29, 1.82) is 0 Å². The normalized spacial score (nSPS) is 34.0. The average molecular weight is 361 g/mol. The third kappa shape index (κ3) is 2.20. The molecule has 0 aromatic carbocycles. The van der Waals surface area contributed by atoms with Crippen molar-refractivity contribution < 1.29 is 14.6 Å². The summed E-state index contributed by atoms with van der Waals surface area (Å²) in [5.74, 6) is 0.953. The zero-order chi connectivity index (χ0) is 16.3. The molecule has 2 saturated heterocycles. The molecule has 5 rings (SSSR count). The molecular formula is C18H19NO3S2. The zero-order valence-corrected chi connectivity index (χ0v) is 14.8. The summed E-state index contributed by atoms with van der Waals surface area (Å²) in [6.45, 7) is 1.97. The molecule has 3 fully saturated rings. The van der Waals surface area contributed by atoms with E-state index in [0.29, 0.717) is 15.7 Å². The van der Waals surface area contributed by atoms with Crippen LogP contribution >= 0.6 is 22.7 Å². The molecule has 0 spiro atoms. The van der Waals surface area contributed by atoms with Crippen LogP contribution in [0.5, 0.6) is 0 Å². The van der Waals surface area contributed by atoms with Crippen molar-refractivity contribution >= 4 is 28.6 Å². The number of carbonyl (C=O) groups is 1. The summed E-state index contributed by atoms with van der Waals surface area (Å²) in [5, 5.41) is 15.0. The monoisotopic (exact) mass is 361 g/mol. The highest BCUT2D eigenvalue weighted by Crippen LogP contribution is 2.52. The first kappa shape index (κ1) is 15.1. The van der Waals surface area contributed by atoms with E-state index < -0.39 is 11.6 Å². The van der Waals surface area contributed by atoms with Gasteiger partial charge in [0.15, 0.2) is 0 Å². The van der Waals surface area contributed by atoms with Crippen molar-refractivity contribution in [2.45, 2.75) is 30.6 Å². The molecule has 2 aromatic heterocycles. The summed E-state index contributed by atoms with van der Waals surface area (Å²) < 4.78 is 5.84. The number of carbonyl (C=O) groups excluding carboxylic acids is 1. The number of esters is 1. The summed E-state index contributed by atoms with van der Waals surface area (Å²) in [4.78, 5) is 16.7. The highest BCUT2D eigenvalue weighted by molar-refractivity contribution is 7.12. The van der Waals surface area contributed by atoms with Gasteiger partial charge < -0.3 is 9.84 Å². The van der Waals surface area contributed by atoms with Crippen molar-refractivity contribution in [3.05, 3.63) is 44.8 Å². The van der Waals surface area contributed by atoms with Gasteiger partial charge in [-0.25, -0.2) is 4.79 Å². The highest BCUT2D eigenvalue weighted by atomic mass is 32.1. The Morgan fingerprint density at radius 1 is 1.17 bits per heavy atom. The fraction of sp³-hybridized carbons (Fsp3) is 0.500. The third-order valence-electron chi connectivity index (χ3n) is 5.68. The van der Waals surface area contributed by atoms with E-state index in [9.17, 15) is 9.90 Å². The van der Waals surface area contributed by atoms with Crippen molar-refractivity contribution in [2.75, 3.05) is 13.1 Å². The van der Waals surface area contributed by atoms with Gasteiger partial charge in [-0.15, -0.1) is 22.7 Å². The number of hydrogen-bond donors (Lipinski definition) is 1. The molecule has 24 heavy (non-hydrogen) atoms. The Hall–Kier alpha value is -1.21. The van der Waals surface area contributed by atoms with Crippen molar-refractivity contribution in [2.24, 2.45) is 11.8 Å². The lowest BCUT2D eigenvalue weighted by molar-refractivity contribution is -0.170. The smallest absolute Gasteiger partial charge is 0.349 e. The van der Waals surface area contributed by atoms with Crippen LogP contribution in [0.1, 0.15) is 22.6 Å². The lowest BCUT2D eigenvalue weighted by Crippen LogP contribution is -2.45. The predicted octanol–water partition coefficient (Wildman–Crippen LogP) is 2.68. The molecule has 1 N–H and O–H groups in total. The summed E-state index contributed by atoms with van der Waals surface area (Å²) in [6, 6.07) is 8.04. The van der Waals surface area contributed by atoms with Gasteiger partial charge >= 0.3 is 5.97 Å². The molecule has 5 unspecified atom stereocenters. The zero-order valence-electron chi connectivity index (χ0n) is 13.1. The maximum atomic E-state index is 13.0. The molecule has 4 nitrogen and oxygen atoms in total. The van der Waals surface area contributed by atoms with E-state index in [1.165, 1.54) is 29.1 Å². The van der Waals surface area contributed by atoms with Crippen LogP contribution in [0.25, 0.3) is 0 Å². The van der Waals surface area contributed by atoms with E-state index in [-0.39, 0.29) is 6.10 Å². The number of thiophene rings is 2. The molecule has 2 aromatic rings. The fourth-order valence-corrected chi connectivity index (χ4v) is 6.16. The maximum Gasteiger partial charge on any atom is 0.349 e. The summed E-state index contributed by atoms with van der Waals surface area (Å²) in [7, 11) is 0. The lowest BCUT2D eigenvalue weighted by atomic mass is 9.94. The minimum atomic E-state index is -1.68. The Kier molecular flexibility index (Phi) is 3.39. The topological polar surface area (TPSA) is 49.8 Å². The number of nitrogens with zero attached hydrogens (tertiary/aromatic N) is 1. The summed E-state index contributed by atoms with van der Waals surface area (Å²) in [5.41, 5.74) is -1.68. The second-order valence-corrected chi connectivity index (χ2v) is 9.00. The van der Waals surface area contributed by atoms with E-state index in [1.807, 2.05) is 22.9 Å². The van der Waals surface area contributed by atoms with Gasteiger partial charge in [0.05, 0.1) is 9.75 Å². The minimum absolute atomic E-state index is 0.101. The molecule has 6 heteroatoms. The Labute approximate surface area is 148 Å². The van der Waals surface area contributed by atoms with Crippen LogP contribution in [0.4, 0.5) is 0 Å². The van der Waals surface area contributed by atoms with Gasteiger partial charge in [0.1, 0.15) is 6.10 Å². The number of aliphatic hydroxyl groups is 1. The predicted molar refractivity (Wildman–Crippen MR) is 93.1 cm³/mol. The van der Waals surface area contributed by atoms with Gasteiger partial charge in [-0.05, 0) is 47.6 Å². The second kappa shape index (κ2) is 5.39. The fourth-order valence-electron chi connectivity index (χ4n) is 4.45. The first-order valence-electron chi connectivity index (χ1n) is 8.41. The number of rotatable bonds is 4. The second-order valence-electron chi connectivity index (χ2n) is 7.11. The lowest BCUT2D eigenvalue weighted by Gasteiger charge is -2.34. The van der Waals surface area contributed by atoms with Crippen LogP contribution in [-0.2, 0) is 15.1 Å². The Morgan fingerprint density at radius 3 is 2.46 bits per heavy atom. The SMILES string of the molecule is O=C(OC1CC2CN(C1)C1CC21)C(O)(c1cccs1)c1cccs1. The average Bonchev–Trinajstić information content (AvgIpc) is 2.99. The first-order valence-corrected chi connectivity index (χ1v) is 10.2. The first-order chi connectivity index (χ1) is 11.7. The van der Waals surface area contributed by atoms with Gasteiger partial charge in [0, 0.05) is 19.1 Å². The molecule has 5 atom stereocenters. The molecule has 4 heterocycles. The van der Waals surface area contributed by atoms with Crippen LogP contribution in [0.2, 0.25) is 0 Å². The molecule has 1 saturated carbocycles. The minimum Gasteiger partial charge on any atom is -0.458 e. The number of hydrogen-bond acceptors (Lipinski definition) is 6. The Bertz CT molecular complexity index is 692. The van der Waals surface area contributed by atoms with Crippen molar-refractivity contribution in [3.63, 3.8) is 0 Å². The van der Waals surface area contributed by atoms with E-state index in [2.05, 4.69) is 4.90 Å². The van der Waals surface area contributed by atoms with E-state index in [1.54, 1.807) is 12.1 Å². The van der Waals surface area contributed by atoms with E-state index in [4.69, 9.17) is 4.74 Å². The van der Waals surface area contributed by atoms with E-state index in [0.717, 1.165) is 31.5 Å². The largest absolute Gasteiger partial charge is 0.458 e.